The quantitative estimate of drug-likeness (QED) is 0.613. The summed E-state index contributed by atoms with van der Waals surface area (Å²) in [6, 6.07) is 0. The summed E-state index contributed by atoms with van der Waals surface area (Å²) in [5.41, 5.74) is 2.25. The van der Waals surface area contributed by atoms with Crippen LogP contribution >= 0.6 is 11.6 Å². The van der Waals surface area contributed by atoms with Crippen LogP contribution in [0.5, 0.6) is 0 Å². The van der Waals surface area contributed by atoms with Crippen molar-refractivity contribution in [3.63, 3.8) is 0 Å². The molecule has 0 unspecified atom stereocenters. The number of halogens is 1. The maximum Gasteiger partial charge on any atom is 0.154 e. The lowest BCUT2D eigenvalue weighted by Gasteiger charge is -1.96. The highest BCUT2D eigenvalue weighted by Gasteiger charge is 2.05. The Kier molecular flexibility index (Phi) is 2.00. The molecule has 0 saturated heterocycles. The van der Waals surface area contributed by atoms with Gasteiger partial charge in [0, 0.05) is 17.8 Å². The molecule has 56 valence electrons. The van der Waals surface area contributed by atoms with Gasteiger partial charge in [-0.3, -0.25) is 4.68 Å². The average Bonchev–Trinajstić information content (AvgIpc) is 2.17. The first-order chi connectivity index (χ1) is 4.66. The molecule has 0 radical (unpaired) electrons. The Bertz CT molecular complexity index is 240. The standard InChI is InChI=1S/C7H11ClN2/c1-4-10-6(3)5(2)7(8)9-10/h4H2,1-3H3. The van der Waals surface area contributed by atoms with E-state index in [4.69, 9.17) is 11.6 Å². The Labute approximate surface area is 65.8 Å². The molecule has 0 fully saturated rings. The number of hydrogen-bond acceptors (Lipinski definition) is 1. The third kappa shape index (κ3) is 1.03. The minimum atomic E-state index is 0.624. The zero-order chi connectivity index (χ0) is 7.72. The Morgan fingerprint density at radius 2 is 2.10 bits per heavy atom. The van der Waals surface area contributed by atoms with Gasteiger partial charge in [-0.15, -0.1) is 0 Å². The molecule has 0 amide bonds. The summed E-state index contributed by atoms with van der Waals surface area (Å²) in [5.74, 6) is 0. The molecule has 2 nitrogen and oxygen atoms in total. The molecule has 0 aliphatic heterocycles. The summed E-state index contributed by atoms with van der Waals surface area (Å²) in [6.45, 7) is 6.95. The van der Waals surface area contributed by atoms with E-state index in [-0.39, 0.29) is 0 Å². The Morgan fingerprint density at radius 1 is 1.50 bits per heavy atom. The highest BCUT2D eigenvalue weighted by atomic mass is 35.5. The van der Waals surface area contributed by atoms with Crippen LogP contribution in [0.15, 0.2) is 0 Å². The molecule has 1 heterocycles. The fourth-order valence-electron chi connectivity index (χ4n) is 0.907. The van der Waals surface area contributed by atoms with E-state index in [1.165, 1.54) is 0 Å². The van der Waals surface area contributed by atoms with Gasteiger partial charge >= 0.3 is 0 Å². The molecule has 1 aromatic rings. The molecule has 0 N–H and O–H groups in total. The summed E-state index contributed by atoms with van der Waals surface area (Å²) in [4.78, 5) is 0. The van der Waals surface area contributed by atoms with E-state index in [1.807, 2.05) is 18.5 Å². The fraction of sp³-hybridized carbons (Fsp3) is 0.571. The summed E-state index contributed by atoms with van der Waals surface area (Å²) in [5, 5.41) is 4.73. The van der Waals surface area contributed by atoms with Gasteiger partial charge in [-0.2, -0.15) is 5.10 Å². The van der Waals surface area contributed by atoms with Crippen LogP contribution in [0.4, 0.5) is 0 Å². The Balaban J connectivity index is 3.17. The SMILES string of the molecule is CCn1nc(Cl)c(C)c1C. The second kappa shape index (κ2) is 2.62. The molecule has 1 rings (SSSR count). The van der Waals surface area contributed by atoms with Crippen LogP contribution in [0, 0.1) is 13.8 Å². The lowest BCUT2D eigenvalue weighted by atomic mass is 10.3. The van der Waals surface area contributed by atoms with Crippen LogP contribution in [-0.4, -0.2) is 9.78 Å². The number of nitrogens with zero attached hydrogens (tertiary/aromatic N) is 2. The van der Waals surface area contributed by atoms with Gasteiger partial charge < -0.3 is 0 Å². The molecular weight excluding hydrogens is 148 g/mol. The van der Waals surface area contributed by atoms with E-state index in [9.17, 15) is 0 Å². The molecular formula is C7H11ClN2. The van der Waals surface area contributed by atoms with E-state index in [1.54, 1.807) is 0 Å². The predicted octanol–water partition coefficient (Wildman–Crippen LogP) is 2.17. The van der Waals surface area contributed by atoms with Crippen molar-refractivity contribution in [3.05, 3.63) is 16.4 Å². The summed E-state index contributed by atoms with van der Waals surface area (Å²) >= 11 is 5.78. The molecule has 0 aliphatic carbocycles. The highest BCUT2D eigenvalue weighted by molar-refractivity contribution is 6.30. The van der Waals surface area contributed by atoms with Crippen molar-refractivity contribution in [2.24, 2.45) is 0 Å². The third-order valence-corrected chi connectivity index (χ3v) is 2.11. The van der Waals surface area contributed by atoms with Crippen molar-refractivity contribution in [1.29, 1.82) is 0 Å². The molecule has 0 bridgehead atoms. The second-order valence-corrected chi connectivity index (χ2v) is 2.67. The van der Waals surface area contributed by atoms with Gasteiger partial charge in [0.05, 0.1) is 0 Å². The van der Waals surface area contributed by atoms with Crippen LogP contribution in [-0.2, 0) is 6.54 Å². The largest absolute Gasteiger partial charge is 0.268 e. The average molecular weight is 159 g/mol. The molecule has 10 heavy (non-hydrogen) atoms. The molecule has 0 aliphatic rings. The molecule has 0 atom stereocenters. The summed E-state index contributed by atoms with van der Waals surface area (Å²) < 4.78 is 1.90. The maximum atomic E-state index is 5.78. The van der Waals surface area contributed by atoms with Gasteiger partial charge in [-0.1, -0.05) is 11.6 Å². The number of aromatic nitrogens is 2. The monoisotopic (exact) mass is 158 g/mol. The van der Waals surface area contributed by atoms with Crippen LogP contribution in [0.2, 0.25) is 5.15 Å². The van der Waals surface area contributed by atoms with Gasteiger partial charge in [0.1, 0.15) is 0 Å². The first-order valence-corrected chi connectivity index (χ1v) is 3.74. The summed E-state index contributed by atoms with van der Waals surface area (Å²) in [6.07, 6.45) is 0. The van der Waals surface area contributed by atoms with E-state index in [0.29, 0.717) is 5.15 Å². The Hall–Kier alpha value is -0.500. The lowest BCUT2D eigenvalue weighted by molar-refractivity contribution is 0.639. The first kappa shape index (κ1) is 7.61. The number of aryl methyl sites for hydroxylation is 1. The minimum Gasteiger partial charge on any atom is -0.268 e. The van der Waals surface area contributed by atoms with Gasteiger partial charge in [-0.05, 0) is 20.8 Å². The fourth-order valence-corrected chi connectivity index (χ4v) is 1.13. The number of rotatable bonds is 1. The van der Waals surface area contributed by atoms with Crippen LogP contribution in [0.3, 0.4) is 0 Å². The Morgan fingerprint density at radius 3 is 2.30 bits per heavy atom. The smallest absolute Gasteiger partial charge is 0.154 e. The van der Waals surface area contributed by atoms with Crippen molar-refractivity contribution in [1.82, 2.24) is 9.78 Å². The van der Waals surface area contributed by atoms with Crippen molar-refractivity contribution < 1.29 is 0 Å². The third-order valence-electron chi connectivity index (χ3n) is 1.75. The van der Waals surface area contributed by atoms with E-state index in [0.717, 1.165) is 17.8 Å². The topological polar surface area (TPSA) is 17.8 Å². The zero-order valence-electron chi connectivity index (χ0n) is 6.48. The van der Waals surface area contributed by atoms with Gasteiger partial charge in [0.15, 0.2) is 5.15 Å². The van der Waals surface area contributed by atoms with Crippen molar-refractivity contribution >= 4 is 11.6 Å². The lowest BCUT2D eigenvalue weighted by Crippen LogP contribution is -1.98. The molecule has 0 aromatic carbocycles. The minimum absolute atomic E-state index is 0.624. The van der Waals surface area contributed by atoms with Crippen molar-refractivity contribution in [3.8, 4) is 0 Å². The predicted molar refractivity (Wildman–Crippen MR) is 42.4 cm³/mol. The van der Waals surface area contributed by atoms with Crippen molar-refractivity contribution in [2.45, 2.75) is 27.3 Å². The molecule has 0 spiro atoms. The highest BCUT2D eigenvalue weighted by Crippen LogP contribution is 2.16. The van der Waals surface area contributed by atoms with E-state index >= 15 is 0 Å². The van der Waals surface area contributed by atoms with Crippen LogP contribution in [0.1, 0.15) is 18.2 Å². The molecule has 0 saturated carbocycles. The van der Waals surface area contributed by atoms with Crippen LogP contribution < -0.4 is 0 Å². The van der Waals surface area contributed by atoms with Gasteiger partial charge in [0.2, 0.25) is 0 Å². The molecule has 3 heteroatoms. The number of hydrogen-bond donors (Lipinski definition) is 0. The van der Waals surface area contributed by atoms with Crippen molar-refractivity contribution in [2.75, 3.05) is 0 Å². The maximum absolute atomic E-state index is 5.78. The van der Waals surface area contributed by atoms with Crippen LogP contribution in [0.25, 0.3) is 0 Å². The zero-order valence-corrected chi connectivity index (χ0v) is 7.24. The first-order valence-electron chi connectivity index (χ1n) is 3.36. The second-order valence-electron chi connectivity index (χ2n) is 2.32. The van der Waals surface area contributed by atoms with Gasteiger partial charge in [0.25, 0.3) is 0 Å². The van der Waals surface area contributed by atoms with E-state index in [2.05, 4.69) is 12.0 Å². The van der Waals surface area contributed by atoms with E-state index < -0.39 is 0 Å². The molecule has 1 aromatic heterocycles. The van der Waals surface area contributed by atoms with Gasteiger partial charge in [-0.25, -0.2) is 0 Å². The summed E-state index contributed by atoms with van der Waals surface area (Å²) in [7, 11) is 0. The normalized spacial score (nSPS) is 10.4.